The molecule has 0 aliphatic heterocycles. The van der Waals surface area contributed by atoms with Crippen molar-refractivity contribution in [2.75, 3.05) is 0 Å². The topological polar surface area (TPSA) is 55.1 Å². The number of amides is 1. The van der Waals surface area contributed by atoms with Crippen LogP contribution in [0.1, 0.15) is 46.5 Å². The quantitative estimate of drug-likeness (QED) is 0.786. The number of nitrogens with one attached hydrogen (secondary N) is 1. The molecule has 0 saturated heterocycles. The van der Waals surface area contributed by atoms with Gasteiger partial charge in [-0.1, -0.05) is 20.3 Å². The maximum Gasteiger partial charge on any atom is 0.225 e. The minimum absolute atomic E-state index is 0.0836. The van der Waals surface area contributed by atoms with Gasteiger partial charge in [-0.2, -0.15) is 0 Å². The zero-order chi connectivity index (χ0) is 12.6. The van der Waals surface area contributed by atoms with E-state index < -0.39 is 0 Å². The lowest BCUT2D eigenvalue weighted by molar-refractivity contribution is -0.128. The van der Waals surface area contributed by atoms with Gasteiger partial charge >= 0.3 is 0 Å². The molecule has 6 unspecified atom stereocenters. The van der Waals surface area contributed by atoms with Crippen molar-refractivity contribution in [1.82, 2.24) is 5.32 Å². The van der Waals surface area contributed by atoms with Crippen LogP contribution in [0.2, 0.25) is 0 Å². The summed E-state index contributed by atoms with van der Waals surface area (Å²) in [5.41, 5.74) is 6.19. The van der Waals surface area contributed by atoms with Crippen LogP contribution in [0.4, 0.5) is 0 Å². The van der Waals surface area contributed by atoms with Crippen molar-refractivity contribution >= 4 is 5.91 Å². The molecule has 2 fully saturated rings. The Morgan fingerprint density at radius 3 is 2.53 bits per heavy atom. The molecular formula is C14H26N2O. The standard InChI is InChI=1S/C14H26N2O/c1-4-8(2)9(3)16-14(17)12-10-5-6-11(7-10)13(12)15/h8-13H,4-7,15H2,1-3H3,(H,16,17). The Morgan fingerprint density at radius 1 is 1.35 bits per heavy atom. The zero-order valence-corrected chi connectivity index (χ0v) is 11.3. The normalized spacial score (nSPS) is 39.1. The maximum atomic E-state index is 12.3. The molecule has 0 aromatic heterocycles. The highest BCUT2D eigenvalue weighted by Gasteiger charge is 2.49. The van der Waals surface area contributed by atoms with Crippen molar-refractivity contribution in [3.8, 4) is 0 Å². The van der Waals surface area contributed by atoms with Crippen LogP contribution in [0.15, 0.2) is 0 Å². The molecule has 3 nitrogen and oxygen atoms in total. The smallest absolute Gasteiger partial charge is 0.225 e. The predicted octanol–water partition coefficient (Wildman–Crippen LogP) is 1.91. The predicted molar refractivity (Wildman–Crippen MR) is 69.4 cm³/mol. The van der Waals surface area contributed by atoms with Gasteiger partial charge in [-0.15, -0.1) is 0 Å². The number of hydrogen-bond acceptors (Lipinski definition) is 2. The van der Waals surface area contributed by atoms with Crippen LogP contribution in [-0.2, 0) is 4.79 Å². The first-order valence-corrected chi connectivity index (χ1v) is 7.10. The van der Waals surface area contributed by atoms with Crippen LogP contribution >= 0.6 is 0 Å². The van der Waals surface area contributed by atoms with Crippen LogP contribution in [0.5, 0.6) is 0 Å². The van der Waals surface area contributed by atoms with E-state index in [1.165, 1.54) is 19.3 Å². The van der Waals surface area contributed by atoms with Crippen LogP contribution in [0, 0.1) is 23.7 Å². The summed E-state index contributed by atoms with van der Waals surface area (Å²) in [7, 11) is 0. The highest BCUT2D eigenvalue weighted by molar-refractivity contribution is 5.80. The second-order valence-electron chi connectivity index (χ2n) is 6.12. The summed E-state index contributed by atoms with van der Waals surface area (Å²) in [6.07, 6.45) is 4.71. The van der Waals surface area contributed by atoms with E-state index in [1.54, 1.807) is 0 Å². The third kappa shape index (κ3) is 2.35. The van der Waals surface area contributed by atoms with E-state index in [1.807, 2.05) is 0 Å². The molecule has 2 aliphatic carbocycles. The second kappa shape index (κ2) is 4.97. The highest BCUT2D eigenvalue weighted by atomic mass is 16.2. The molecule has 3 N–H and O–H groups in total. The van der Waals surface area contributed by atoms with Crippen molar-refractivity contribution < 1.29 is 4.79 Å². The molecule has 2 bridgehead atoms. The Labute approximate surface area is 105 Å². The Balaban J connectivity index is 1.92. The van der Waals surface area contributed by atoms with Crippen molar-refractivity contribution in [3.63, 3.8) is 0 Å². The summed E-state index contributed by atoms with van der Waals surface area (Å²) in [6, 6.07) is 0.372. The fourth-order valence-corrected chi connectivity index (χ4v) is 3.54. The minimum atomic E-state index is 0.0836. The first-order valence-electron chi connectivity index (χ1n) is 7.10. The summed E-state index contributed by atoms with van der Waals surface area (Å²) in [5.74, 6) is 1.99. The molecule has 6 atom stereocenters. The van der Waals surface area contributed by atoms with E-state index in [0.29, 0.717) is 17.8 Å². The monoisotopic (exact) mass is 238 g/mol. The molecule has 1 amide bonds. The van der Waals surface area contributed by atoms with Gasteiger partial charge in [0.05, 0.1) is 5.92 Å². The molecule has 0 aromatic rings. The Morgan fingerprint density at radius 2 is 2.00 bits per heavy atom. The SMILES string of the molecule is CCC(C)C(C)NC(=O)C1C2CCC(C2)C1N. The largest absolute Gasteiger partial charge is 0.353 e. The van der Waals surface area contributed by atoms with E-state index in [4.69, 9.17) is 5.73 Å². The minimum Gasteiger partial charge on any atom is -0.353 e. The summed E-state index contributed by atoms with van der Waals surface area (Å²) in [4.78, 5) is 12.3. The first-order chi connectivity index (χ1) is 8.04. The van der Waals surface area contributed by atoms with Crippen LogP contribution in [0.25, 0.3) is 0 Å². The molecule has 0 aromatic carbocycles. The maximum absolute atomic E-state index is 12.3. The van der Waals surface area contributed by atoms with Gasteiger partial charge in [-0.05, 0) is 43.9 Å². The van der Waals surface area contributed by atoms with E-state index in [-0.39, 0.29) is 23.9 Å². The number of hydrogen-bond donors (Lipinski definition) is 2. The van der Waals surface area contributed by atoms with Crippen molar-refractivity contribution in [1.29, 1.82) is 0 Å². The molecule has 0 heterocycles. The van der Waals surface area contributed by atoms with Crippen molar-refractivity contribution in [3.05, 3.63) is 0 Å². The number of rotatable bonds is 4. The van der Waals surface area contributed by atoms with Gasteiger partial charge in [-0.25, -0.2) is 0 Å². The average molecular weight is 238 g/mol. The van der Waals surface area contributed by atoms with E-state index in [9.17, 15) is 4.79 Å². The highest BCUT2D eigenvalue weighted by Crippen LogP contribution is 2.47. The van der Waals surface area contributed by atoms with Gasteiger partial charge in [0, 0.05) is 12.1 Å². The van der Waals surface area contributed by atoms with Gasteiger partial charge in [0.1, 0.15) is 0 Å². The second-order valence-corrected chi connectivity index (χ2v) is 6.12. The first kappa shape index (κ1) is 12.9. The molecule has 0 spiro atoms. The Kier molecular flexibility index (Phi) is 3.76. The number of fused-ring (bicyclic) bond motifs is 2. The fourth-order valence-electron chi connectivity index (χ4n) is 3.54. The molecule has 98 valence electrons. The van der Waals surface area contributed by atoms with Crippen LogP contribution in [-0.4, -0.2) is 18.0 Å². The van der Waals surface area contributed by atoms with Crippen molar-refractivity contribution in [2.24, 2.45) is 29.4 Å². The molecule has 2 rings (SSSR count). The lowest BCUT2D eigenvalue weighted by atomic mass is 9.84. The Hall–Kier alpha value is -0.570. The van der Waals surface area contributed by atoms with E-state index >= 15 is 0 Å². The van der Waals surface area contributed by atoms with E-state index in [2.05, 4.69) is 26.1 Å². The average Bonchev–Trinajstić information content (AvgIpc) is 2.87. The van der Waals surface area contributed by atoms with Gasteiger partial charge in [0.15, 0.2) is 0 Å². The van der Waals surface area contributed by atoms with Crippen LogP contribution < -0.4 is 11.1 Å². The lowest BCUT2D eigenvalue weighted by Gasteiger charge is -2.29. The molecule has 2 aliphatic rings. The molecule has 3 heteroatoms. The zero-order valence-electron chi connectivity index (χ0n) is 11.3. The summed E-state index contributed by atoms with van der Waals surface area (Å²) in [5, 5.41) is 3.17. The Bertz CT molecular complexity index is 290. The third-order valence-electron chi connectivity index (χ3n) is 5.15. The van der Waals surface area contributed by atoms with Gasteiger partial charge in [0.25, 0.3) is 0 Å². The summed E-state index contributed by atoms with van der Waals surface area (Å²) >= 11 is 0. The molecule has 17 heavy (non-hydrogen) atoms. The number of carbonyl (C=O) groups is 1. The summed E-state index contributed by atoms with van der Waals surface area (Å²) < 4.78 is 0. The molecule has 2 saturated carbocycles. The number of nitrogens with two attached hydrogens (primary N) is 1. The fraction of sp³-hybridized carbons (Fsp3) is 0.929. The summed E-state index contributed by atoms with van der Waals surface area (Å²) in [6.45, 7) is 6.45. The third-order valence-corrected chi connectivity index (χ3v) is 5.15. The van der Waals surface area contributed by atoms with Gasteiger partial charge < -0.3 is 11.1 Å². The van der Waals surface area contributed by atoms with E-state index in [0.717, 1.165) is 6.42 Å². The molecular weight excluding hydrogens is 212 g/mol. The number of carbonyl (C=O) groups excluding carboxylic acids is 1. The lowest BCUT2D eigenvalue weighted by Crippen LogP contribution is -2.48. The van der Waals surface area contributed by atoms with Crippen LogP contribution in [0.3, 0.4) is 0 Å². The van der Waals surface area contributed by atoms with Gasteiger partial charge in [0.2, 0.25) is 5.91 Å². The molecule has 0 radical (unpaired) electrons. The van der Waals surface area contributed by atoms with Gasteiger partial charge in [-0.3, -0.25) is 4.79 Å². The van der Waals surface area contributed by atoms with Crippen molar-refractivity contribution in [2.45, 2.75) is 58.5 Å².